The third kappa shape index (κ3) is 4.09. The minimum atomic E-state index is 0.654. The summed E-state index contributed by atoms with van der Waals surface area (Å²) in [6.45, 7) is 6.07. The number of nitrogens with zero attached hydrogens (tertiary/aromatic N) is 4. The van der Waals surface area contributed by atoms with E-state index in [0.717, 1.165) is 44.4 Å². The molecule has 5 rings (SSSR count). The Bertz CT molecular complexity index is 1590. The number of benzene rings is 2. The van der Waals surface area contributed by atoms with Crippen molar-refractivity contribution in [1.82, 2.24) is 30.5 Å². The number of rotatable bonds is 6. The van der Waals surface area contributed by atoms with Crippen molar-refractivity contribution in [3.8, 4) is 22.6 Å². The van der Waals surface area contributed by atoms with E-state index < -0.39 is 0 Å². The van der Waals surface area contributed by atoms with Gasteiger partial charge < -0.3 is 10.3 Å². The predicted octanol–water partition coefficient (Wildman–Crippen LogP) is 5.99. The number of para-hydroxylation sites is 1. The van der Waals surface area contributed by atoms with Gasteiger partial charge in [0.1, 0.15) is 5.69 Å². The lowest BCUT2D eigenvalue weighted by Gasteiger charge is -2.02. The van der Waals surface area contributed by atoms with Gasteiger partial charge in [0.15, 0.2) is 11.5 Å². The predicted molar refractivity (Wildman–Crippen MR) is 140 cm³/mol. The minimum Gasteiger partial charge on any atom is -0.390 e. The average molecular weight is 468 g/mol. The fourth-order valence-corrected chi connectivity index (χ4v) is 3.86. The highest BCUT2D eigenvalue weighted by Gasteiger charge is 2.16. The number of hydrogen-bond donors (Lipinski definition) is 3. The fourth-order valence-electron chi connectivity index (χ4n) is 3.67. The number of nitrogens with one attached hydrogen (secondary N) is 3. The van der Waals surface area contributed by atoms with E-state index in [9.17, 15) is 0 Å². The number of pyridine rings is 1. The van der Waals surface area contributed by atoms with Crippen LogP contribution in [0.5, 0.6) is 0 Å². The number of H-pyrrole nitrogens is 2. The number of aliphatic imine (C=N–C) groups is 1. The number of halogens is 1. The number of imidazole rings is 1. The maximum atomic E-state index is 6.22. The Labute approximate surface area is 201 Å². The van der Waals surface area contributed by atoms with Crippen LogP contribution in [0.1, 0.15) is 12.5 Å². The lowest BCUT2D eigenvalue weighted by atomic mass is 10.0. The summed E-state index contributed by atoms with van der Waals surface area (Å²) in [4.78, 5) is 17.1. The van der Waals surface area contributed by atoms with Crippen LogP contribution >= 0.6 is 11.6 Å². The SMILES string of the molecule is C=C(/C=N\C=C(/C)NC)c1cnc2[nH]nc(-c3nc4c(-c5cccc(Cl)c5)cccc4[nH]3)c2c1. The minimum absolute atomic E-state index is 0.654. The molecule has 0 fully saturated rings. The zero-order valence-electron chi connectivity index (χ0n) is 18.7. The number of aromatic nitrogens is 5. The Morgan fingerprint density at radius 3 is 2.85 bits per heavy atom. The van der Waals surface area contributed by atoms with Crippen molar-refractivity contribution in [2.45, 2.75) is 6.92 Å². The Hall–Kier alpha value is -4.23. The largest absolute Gasteiger partial charge is 0.390 e. The van der Waals surface area contributed by atoms with Gasteiger partial charge in [0, 0.05) is 47.5 Å². The van der Waals surface area contributed by atoms with E-state index in [0.29, 0.717) is 22.2 Å². The molecule has 0 radical (unpaired) electrons. The molecule has 7 nitrogen and oxygen atoms in total. The summed E-state index contributed by atoms with van der Waals surface area (Å²) in [7, 11) is 1.85. The van der Waals surface area contributed by atoms with E-state index in [1.165, 1.54) is 0 Å². The molecular formula is C26H22ClN7. The second-order valence-electron chi connectivity index (χ2n) is 7.86. The van der Waals surface area contributed by atoms with Crippen LogP contribution in [0.25, 0.3) is 50.3 Å². The number of hydrogen-bond acceptors (Lipinski definition) is 5. The van der Waals surface area contributed by atoms with Gasteiger partial charge in [0.25, 0.3) is 0 Å². The first-order valence-corrected chi connectivity index (χ1v) is 11.1. The third-order valence-corrected chi connectivity index (χ3v) is 5.79. The molecule has 3 N–H and O–H groups in total. The molecule has 0 aliphatic rings. The molecule has 0 unspecified atom stereocenters. The van der Waals surface area contributed by atoms with Crippen LogP contribution in [0.3, 0.4) is 0 Å². The molecule has 0 atom stereocenters. The number of fused-ring (bicyclic) bond motifs is 2. The first-order chi connectivity index (χ1) is 16.5. The Kier molecular flexibility index (Phi) is 5.69. The van der Waals surface area contributed by atoms with Gasteiger partial charge in [-0.2, -0.15) is 5.10 Å². The molecule has 0 amide bonds. The second kappa shape index (κ2) is 8.96. The molecule has 0 bridgehead atoms. The van der Waals surface area contributed by atoms with Gasteiger partial charge in [-0.15, -0.1) is 0 Å². The highest BCUT2D eigenvalue weighted by Crippen LogP contribution is 2.32. The standard InChI is InChI=1S/C26H22ClN7/c1-15(12-29-13-16(2)28-3)18-11-21-24(33-34-25(21)30-14-18)26-31-22-9-5-8-20(23(22)32-26)17-6-4-7-19(27)10-17/h4-14,28H,1H2,2-3H3,(H,31,32)(H,30,33,34)/b16-13+,29-12-. The van der Waals surface area contributed by atoms with Crippen molar-refractivity contribution in [3.05, 3.63) is 83.8 Å². The zero-order chi connectivity index (χ0) is 23.7. The van der Waals surface area contributed by atoms with E-state index >= 15 is 0 Å². The van der Waals surface area contributed by atoms with Crippen molar-refractivity contribution in [1.29, 1.82) is 0 Å². The topological polar surface area (TPSA) is 94.6 Å². The van der Waals surface area contributed by atoms with Gasteiger partial charge in [-0.3, -0.25) is 10.1 Å². The number of aromatic amines is 2. The quantitative estimate of drug-likeness (QED) is 0.267. The molecule has 3 heterocycles. The second-order valence-corrected chi connectivity index (χ2v) is 8.29. The van der Waals surface area contributed by atoms with Crippen molar-refractivity contribution in [2.24, 2.45) is 4.99 Å². The summed E-state index contributed by atoms with van der Waals surface area (Å²) in [5.74, 6) is 0.654. The molecule has 8 heteroatoms. The molecule has 0 aliphatic carbocycles. The first-order valence-electron chi connectivity index (χ1n) is 10.7. The summed E-state index contributed by atoms with van der Waals surface area (Å²) in [6, 6.07) is 15.8. The Morgan fingerprint density at radius 2 is 2.03 bits per heavy atom. The Balaban J connectivity index is 1.56. The first kappa shape index (κ1) is 21.6. The van der Waals surface area contributed by atoms with Crippen LogP contribution < -0.4 is 5.32 Å². The van der Waals surface area contributed by atoms with Crippen LogP contribution in [-0.2, 0) is 0 Å². The molecule has 5 aromatic rings. The van der Waals surface area contributed by atoms with Crippen molar-refractivity contribution < 1.29 is 0 Å². The van der Waals surface area contributed by atoms with E-state index in [1.54, 1.807) is 18.6 Å². The summed E-state index contributed by atoms with van der Waals surface area (Å²) in [6.07, 6.45) is 5.21. The molecule has 0 saturated heterocycles. The van der Waals surface area contributed by atoms with Gasteiger partial charge in [0.05, 0.1) is 16.4 Å². The molecule has 0 aliphatic heterocycles. The summed E-state index contributed by atoms with van der Waals surface area (Å²) in [5.41, 5.74) is 7.68. The summed E-state index contributed by atoms with van der Waals surface area (Å²) < 4.78 is 0. The van der Waals surface area contributed by atoms with Crippen molar-refractivity contribution in [3.63, 3.8) is 0 Å². The van der Waals surface area contributed by atoms with Gasteiger partial charge in [-0.1, -0.05) is 42.4 Å². The van der Waals surface area contributed by atoms with Gasteiger partial charge in [0.2, 0.25) is 0 Å². The molecule has 3 aromatic heterocycles. The fraction of sp³-hybridized carbons (Fsp3) is 0.0769. The zero-order valence-corrected chi connectivity index (χ0v) is 19.5. The number of allylic oxidation sites excluding steroid dienone is 2. The lowest BCUT2D eigenvalue weighted by Crippen LogP contribution is -2.00. The van der Waals surface area contributed by atoms with Gasteiger partial charge in [-0.25, -0.2) is 9.97 Å². The Morgan fingerprint density at radius 1 is 1.18 bits per heavy atom. The molecule has 0 saturated carbocycles. The lowest BCUT2D eigenvalue weighted by molar-refractivity contribution is 0.982. The van der Waals surface area contributed by atoms with Crippen LogP contribution in [0.15, 0.2) is 78.2 Å². The molecule has 0 spiro atoms. The molecule has 2 aromatic carbocycles. The average Bonchev–Trinajstić information content (AvgIpc) is 3.47. The molecular weight excluding hydrogens is 446 g/mol. The molecule has 168 valence electrons. The highest BCUT2D eigenvalue weighted by molar-refractivity contribution is 6.30. The molecule has 34 heavy (non-hydrogen) atoms. The third-order valence-electron chi connectivity index (χ3n) is 5.55. The maximum absolute atomic E-state index is 6.22. The van der Waals surface area contributed by atoms with Crippen molar-refractivity contribution >= 4 is 45.5 Å². The van der Waals surface area contributed by atoms with E-state index in [1.807, 2.05) is 62.5 Å². The smallest absolute Gasteiger partial charge is 0.159 e. The van der Waals surface area contributed by atoms with Crippen LogP contribution in [0.2, 0.25) is 5.02 Å². The van der Waals surface area contributed by atoms with Gasteiger partial charge >= 0.3 is 0 Å². The monoisotopic (exact) mass is 467 g/mol. The van der Waals surface area contributed by atoms with Gasteiger partial charge in [-0.05, 0) is 42.3 Å². The van der Waals surface area contributed by atoms with E-state index in [-0.39, 0.29) is 0 Å². The van der Waals surface area contributed by atoms with E-state index in [4.69, 9.17) is 16.6 Å². The van der Waals surface area contributed by atoms with Crippen LogP contribution in [-0.4, -0.2) is 38.4 Å². The summed E-state index contributed by atoms with van der Waals surface area (Å²) >= 11 is 6.22. The maximum Gasteiger partial charge on any atom is 0.159 e. The van der Waals surface area contributed by atoms with Crippen LogP contribution in [0.4, 0.5) is 0 Å². The van der Waals surface area contributed by atoms with Crippen molar-refractivity contribution in [2.75, 3.05) is 7.05 Å². The highest BCUT2D eigenvalue weighted by atomic mass is 35.5. The van der Waals surface area contributed by atoms with E-state index in [2.05, 4.69) is 37.1 Å². The summed E-state index contributed by atoms with van der Waals surface area (Å²) in [5, 5.41) is 12.0. The van der Waals surface area contributed by atoms with Crippen LogP contribution in [0, 0.1) is 0 Å². The normalized spacial score (nSPS) is 12.1.